The number of carbonyl (C=O) groups excluding carboxylic acids is 1. The zero-order valence-corrected chi connectivity index (χ0v) is 13.9. The molecule has 0 saturated heterocycles. The smallest absolute Gasteiger partial charge is 0.277 e. The number of aryl methyl sites for hydroxylation is 2. The van der Waals surface area contributed by atoms with E-state index in [2.05, 4.69) is 20.4 Å². The summed E-state index contributed by atoms with van der Waals surface area (Å²) in [4.78, 5) is 32.9. The second-order valence-corrected chi connectivity index (χ2v) is 6.03. The van der Waals surface area contributed by atoms with Crippen LogP contribution in [0.2, 0.25) is 0 Å². The second-order valence-electron chi connectivity index (χ2n) is 6.03. The second kappa shape index (κ2) is 6.91. The number of hydrogen-bond acceptors (Lipinski definition) is 5. The predicted molar refractivity (Wildman–Crippen MR) is 85.3 cm³/mol. The van der Waals surface area contributed by atoms with Crippen LogP contribution in [0.5, 0.6) is 0 Å². The van der Waals surface area contributed by atoms with Crippen LogP contribution in [0.15, 0.2) is 4.79 Å². The molecule has 1 atom stereocenters. The first-order valence-corrected chi connectivity index (χ1v) is 7.68. The molecule has 0 spiro atoms. The lowest BCUT2D eigenvalue weighted by Crippen LogP contribution is -2.41. The van der Waals surface area contributed by atoms with E-state index in [1.807, 2.05) is 13.8 Å². The summed E-state index contributed by atoms with van der Waals surface area (Å²) in [5.74, 6) is 0.884. The summed E-state index contributed by atoms with van der Waals surface area (Å²) < 4.78 is 1.29. The number of amides is 1. The molecular weight excluding hydrogens is 298 g/mol. The third kappa shape index (κ3) is 3.76. The van der Waals surface area contributed by atoms with E-state index in [-0.39, 0.29) is 36.5 Å². The molecule has 0 bridgehead atoms. The number of aliphatic hydroxyl groups excluding tert-OH is 1. The van der Waals surface area contributed by atoms with Crippen LogP contribution < -0.4 is 10.9 Å². The summed E-state index contributed by atoms with van der Waals surface area (Å²) >= 11 is 0. The molecule has 0 aliphatic carbocycles. The molecule has 126 valence electrons. The largest absolute Gasteiger partial charge is 0.394 e. The number of aliphatic hydroxyl groups is 1. The molecule has 0 saturated carbocycles. The van der Waals surface area contributed by atoms with Crippen LogP contribution in [0.4, 0.5) is 0 Å². The molecule has 8 heteroatoms. The zero-order valence-electron chi connectivity index (χ0n) is 13.9. The van der Waals surface area contributed by atoms with Crippen LogP contribution in [0, 0.1) is 19.8 Å². The van der Waals surface area contributed by atoms with Gasteiger partial charge in [-0.2, -0.15) is 9.50 Å². The summed E-state index contributed by atoms with van der Waals surface area (Å²) in [6.07, 6.45) is 0.459. The minimum atomic E-state index is -0.277. The van der Waals surface area contributed by atoms with Crippen molar-refractivity contribution in [2.45, 2.75) is 46.6 Å². The van der Waals surface area contributed by atoms with Gasteiger partial charge in [0.25, 0.3) is 11.3 Å². The molecule has 0 aliphatic heterocycles. The van der Waals surface area contributed by atoms with Crippen molar-refractivity contribution in [2.75, 3.05) is 6.61 Å². The Labute approximate surface area is 133 Å². The molecule has 2 aromatic rings. The van der Waals surface area contributed by atoms with Crippen molar-refractivity contribution in [3.63, 3.8) is 0 Å². The number of H-pyrrole nitrogens is 1. The Morgan fingerprint density at radius 2 is 2.04 bits per heavy atom. The van der Waals surface area contributed by atoms with Gasteiger partial charge in [-0.25, -0.2) is 4.98 Å². The highest BCUT2D eigenvalue weighted by atomic mass is 16.3. The topological polar surface area (TPSA) is 112 Å². The number of nitrogens with one attached hydrogen (secondary N) is 2. The molecule has 0 fully saturated rings. The van der Waals surface area contributed by atoms with Crippen LogP contribution in [-0.4, -0.2) is 43.2 Å². The van der Waals surface area contributed by atoms with Gasteiger partial charge < -0.3 is 10.4 Å². The number of fused-ring (bicyclic) bond motifs is 1. The molecule has 3 N–H and O–H groups in total. The minimum Gasteiger partial charge on any atom is -0.394 e. The third-order valence-corrected chi connectivity index (χ3v) is 3.86. The molecule has 0 unspecified atom stereocenters. The molecule has 0 radical (unpaired) electrons. The van der Waals surface area contributed by atoms with Crippen LogP contribution in [-0.2, 0) is 11.2 Å². The average Bonchev–Trinajstić information content (AvgIpc) is 2.84. The van der Waals surface area contributed by atoms with Crippen molar-refractivity contribution < 1.29 is 9.90 Å². The van der Waals surface area contributed by atoms with Crippen molar-refractivity contribution in [2.24, 2.45) is 5.92 Å². The van der Waals surface area contributed by atoms with Gasteiger partial charge in [-0.3, -0.25) is 14.7 Å². The van der Waals surface area contributed by atoms with Crippen LogP contribution in [0.3, 0.4) is 0 Å². The first-order valence-electron chi connectivity index (χ1n) is 7.68. The van der Waals surface area contributed by atoms with Crippen LogP contribution in [0.1, 0.15) is 37.4 Å². The van der Waals surface area contributed by atoms with E-state index in [4.69, 9.17) is 0 Å². The van der Waals surface area contributed by atoms with Crippen LogP contribution >= 0.6 is 0 Å². The Bertz CT molecular complexity index is 762. The normalized spacial score (nSPS) is 12.8. The van der Waals surface area contributed by atoms with Gasteiger partial charge in [0.05, 0.1) is 18.3 Å². The van der Waals surface area contributed by atoms with Crippen molar-refractivity contribution in [1.29, 1.82) is 0 Å². The van der Waals surface area contributed by atoms with Gasteiger partial charge in [-0.05, 0) is 26.2 Å². The standard InChI is InChI=1S/C15H23N5O3/c1-8(2)12(7-21)18-13(22)6-5-11-9(3)16-15-17-10(4)19-20(15)14(11)23/h8,12,21H,5-7H2,1-4H3,(H,18,22)(H,16,17,19)/t12-/m0/s1. The fraction of sp³-hybridized carbons (Fsp3) is 0.600. The van der Waals surface area contributed by atoms with E-state index in [1.165, 1.54) is 4.52 Å². The Hall–Kier alpha value is -2.22. The van der Waals surface area contributed by atoms with Gasteiger partial charge in [0, 0.05) is 12.0 Å². The number of aromatic amines is 1. The maximum Gasteiger partial charge on any atom is 0.277 e. The molecule has 2 rings (SSSR count). The quantitative estimate of drug-likeness (QED) is 0.698. The number of nitrogens with zero attached hydrogens (tertiary/aromatic N) is 3. The van der Waals surface area contributed by atoms with Gasteiger partial charge in [0.1, 0.15) is 5.82 Å². The highest BCUT2D eigenvalue weighted by molar-refractivity contribution is 5.76. The number of aromatic nitrogens is 4. The van der Waals surface area contributed by atoms with Crippen molar-refractivity contribution in [1.82, 2.24) is 24.9 Å². The fourth-order valence-corrected chi connectivity index (χ4v) is 2.39. The maximum absolute atomic E-state index is 12.4. The number of carbonyl (C=O) groups is 1. The lowest BCUT2D eigenvalue weighted by atomic mass is 10.0. The lowest BCUT2D eigenvalue weighted by molar-refractivity contribution is -0.122. The van der Waals surface area contributed by atoms with E-state index < -0.39 is 0 Å². The highest BCUT2D eigenvalue weighted by Gasteiger charge is 2.17. The van der Waals surface area contributed by atoms with E-state index in [1.54, 1.807) is 13.8 Å². The predicted octanol–water partition coefficient (Wildman–Crippen LogP) is 0.100. The summed E-state index contributed by atoms with van der Waals surface area (Å²) in [7, 11) is 0. The van der Waals surface area contributed by atoms with E-state index in [9.17, 15) is 14.7 Å². The van der Waals surface area contributed by atoms with Crippen molar-refractivity contribution >= 4 is 11.7 Å². The Morgan fingerprint density at radius 1 is 1.35 bits per heavy atom. The molecule has 2 aromatic heterocycles. The van der Waals surface area contributed by atoms with Gasteiger partial charge >= 0.3 is 0 Å². The Morgan fingerprint density at radius 3 is 2.65 bits per heavy atom. The third-order valence-electron chi connectivity index (χ3n) is 3.86. The van der Waals surface area contributed by atoms with Gasteiger partial charge in [0.2, 0.25) is 5.91 Å². The molecule has 2 heterocycles. The lowest BCUT2D eigenvalue weighted by Gasteiger charge is -2.19. The van der Waals surface area contributed by atoms with Gasteiger partial charge in [0.15, 0.2) is 0 Å². The monoisotopic (exact) mass is 321 g/mol. The summed E-state index contributed by atoms with van der Waals surface area (Å²) in [6, 6.07) is -0.277. The van der Waals surface area contributed by atoms with E-state index in [0.717, 1.165) is 0 Å². The van der Waals surface area contributed by atoms with Crippen LogP contribution in [0.25, 0.3) is 5.78 Å². The molecular formula is C15H23N5O3. The summed E-state index contributed by atoms with van der Waals surface area (Å²) in [5.41, 5.74) is 0.840. The Kier molecular flexibility index (Phi) is 5.15. The zero-order chi connectivity index (χ0) is 17.1. The number of hydrogen-bond donors (Lipinski definition) is 3. The highest BCUT2D eigenvalue weighted by Crippen LogP contribution is 2.06. The minimum absolute atomic E-state index is 0.105. The fourth-order valence-electron chi connectivity index (χ4n) is 2.39. The van der Waals surface area contributed by atoms with Gasteiger partial charge in [-0.1, -0.05) is 13.8 Å². The van der Waals surface area contributed by atoms with E-state index >= 15 is 0 Å². The van der Waals surface area contributed by atoms with Crippen molar-refractivity contribution in [3.8, 4) is 0 Å². The molecule has 1 amide bonds. The van der Waals surface area contributed by atoms with E-state index in [0.29, 0.717) is 29.3 Å². The Balaban J connectivity index is 2.13. The van der Waals surface area contributed by atoms with Crippen molar-refractivity contribution in [3.05, 3.63) is 27.4 Å². The molecule has 8 nitrogen and oxygen atoms in total. The molecule has 23 heavy (non-hydrogen) atoms. The summed E-state index contributed by atoms with van der Waals surface area (Å²) in [5, 5.41) is 14.9. The molecule has 0 aromatic carbocycles. The summed E-state index contributed by atoms with van der Waals surface area (Å²) in [6.45, 7) is 7.24. The van der Waals surface area contributed by atoms with Gasteiger partial charge in [-0.15, -0.1) is 0 Å². The SMILES string of the molecule is Cc1nc2nc(C)c(CCC(=O)N[C@@H](CO)C(C)C)c(=O)n2[nH]1. The average molecular weight is 321 g/mol. The molecule has 0 aliphatic rings. The maximum atomic E-state index is 12.4. The first kappa shape index (κ1) is 17.1. The number of rotatable bonds is 6. The first-order chi connectivity index (χ1) is 10.8.